The molecule has 0 spiro atoms. The summed E-state index contributed by atoms with van der Waals surface area (Å²) in [5, 5.41) is 12.9. The maximum absolute atomic E-state index is 9.47. The lowest BCUT2D eigenvalue weighted by Gasteiger charge is -2.15. The molecule has 100 valence electrons. The summed E-state index contributed by atoms with van der Waals surface area (Å²) in [6.07, 6.45) is 0. The van der Waals surface area contributed by atoms with Crippen LogP contribution in [0.5, 0.6) is 5.75 Å². The van der Waals surface area contributed by atoms with E-state index in [9.17, 15) is 5.11 Å². The van der Waals surface area contributed by atoms with Crippen molar-refractivity contribution in [3.05, 3.63) is 62.5 Å². The van der Waals surface area contributed by atoms with Gasteiger partial charge < -0.3 is 10.4 Å². The predicted octanol–water partition coefficient (Wildman–Crippen LogP) is 4.77. The number of hydrogen-bond donors (Lipinski definition) is 2. The summed E-state index contributed by atoms with van der Waals surface area (Å²) in [5.74, 6) is 0.303. The van der Waals surface area contributed by atoms with Gasteiger partial charge in [-0.1, -0.05) is 18.2 Å². The maximum Gasteiger partial charge on any atom is 0.115 e. The molecule has 0 aliphatic carbocycles. The monoisotopic (exact) mass is 383 g/mol. The Balaban J connectivity index is 2.00. The van der Waals surface area contributed by atoms with E-state index in [1.807, 2.05) is 18.2 Å². The third-order valence-corrected chi connectivity index (χ3v) is 4.85. The second kappa shape index (κ2) is 6.55. The van der Waals surface area contributed by atoms with Gasteiger partial charge >= 0.3 is 0 Å². The zero-order valence-corrected chi connectivity index (χ0v) is 13.7. The largest absolute Gasteiger partial charge is 0.508 e. The highest BCUT2D eigenvalue weighted by molar-refractivity contribution is 9.13. The van der Waals surface area contributed by atoms with Crippen LogP contribution >= 0.6 is 31.9 Å². The first kappa shape index (κ1) is 14.6. The van der Waals surface area contributed by atoms with E-state index in [0.717, 1.165) is 21.1 Å². The van der Waals surface area contributed by atoms with E-state index in [0.29, 0.717) is 5.75 Å². The molecule has 0 bridgehead atoms. The Morgan fingerprint density at radius 2 is 1.89 bits per heavy atom. The smallest absolute Gasteiger partial charge is 0.115 e. The van der Waals surface area contributed by atoms with Gasteiger partial charge in [0.05, 0.1) is 0 Å². The molecule has 0 heterocycles. The Morgan fingerprint density at radius 3 is 2.58 bits per heavy atom. The molecule has 1 atom stereocenters. The lowest BCUT2D eigenvalue weighted by Crippen LogP contribution is -2.17. The molecule has 0 fully saturated rings. The fraction of sp³-hybridized carbons (Fsp3) is 0.200. The molecule has 0 amide bonds. The van der Waals surface area contributed by atoms with Crippen LogP contribution in [-0.4, -0.2) is 5.11 Å². The van der Waals surface area contributed by atoms with E-state index in [1.165, 1.54) is 5.56 Å². The molecular formula is C15H15Br2NO. The van der Waals surface area contributed by atoms with Gasteiger partial charge in [0.25, 0.3) is 0 Å². The van der Waals surface area contributed by atoms with Crippen LogP contribution in [0.2, 0.25) is 0 Å². The molecule has 2 aromatic carbocycles. The van der Waals surface area contributed by atoms with Gasteiger partial charge in [-0.3, -0.25) is 0 Å². The van der Waals surface area contributed by atoms with E-state index in [4.69, 9.17) is 0 Å². The van der Waals surface area contributed by atoms with Crippen LogP contribution in [0, 0.1) is 0 Å². The minimum atomic E-state index is 0.189. The van der Waals surface area contributed by atoms with Crippen LogP contribution in [-0.2, 0) is 6.54 Å². The second-order valence-electron chi connectivity index (χ2n) is 4.45. The van der Waals surface area contributed by atoms with Gasteiger partial charge in [0.1, 0.15) is 5.75 Å². The molecule has 2 rings (SSSR count). The van der Waals surface area contributed by atoms with Crippen molar-refractivity contribution in [3.8, 4) is 5.75 Å². The van der Waals surface area contributed by atoms with E-state index in [1.54, 1.807) is 12.1 Å². The molecule has 2 N–H and O–H groups in total. The van der Waals surface area contributed by atoms with Crippen LogP contribution in [0.3, 0.4) is 0 Å². The molecule has 0 radical (unpaired) electrons. The van der Waals surface area contributed by atoms with Crippen LogP contribution in [0.1, 0.15) is 24.1 Å². The Hall–Kier alpha value is -0.840. The first-order chi connectivity index (χ1) is 9.06. The molecule has 2 aromatic rings. The molecule has 0 saturated heterocycles. The number of aromatic hydroxyl groups is 1. The van der Waals surface area contributed by atoms with Gasteiger partial charge in [0, 0.05) is 21.5 Å². The lowest BCUT2D eigenvalue weighted by molar-refractivity contribution is 0.472. The van der Waals surface area contributed by atoms with Gasteiger partial charge in [-0.05, 0) is 74.2 Å². The average Bonchev–Trinajstić information content (AvgIpc) is 2.40. The third kappa shape index (κ3) is 4.06. The van der Waals surface area contributed by atoms with Gasteiger partial charge in [-0.15, -0.1) is 0 Å². The van der Waals surface area contributed by atoms with Crippen molar-refractivity contribution in [2.45, 2.75) is 19.5 Å². The number of phenols is 1. The maximum atomic E-state index is 9.47. The molecular weight excluding hydrogens is 370 g/mol. The summed E-state index contributed by atoms with van der Waals surface area (Å²) in [6, 6.07) is 13.7. The van der Waals surface area contributed by atoms with Crippen molar-refractivity contribution >= 4 is 31.9 Å². The fourth-order valence-electron chi connectivity index (χ4n) is 1.83. The quantitative estimate of drug-likeness (QED) is 0.795. The molecule has 0 aliphatic rings. The van der Waals surface area contributed by atoms with E-state index < -0.39 is 0 Å². The van der Waals surface area contributed by atoms with Crippen molar-refractivity contribution in [1.29, 1.82) is 0 Å². The summed E-state index contributed by atoms with van der Waals surface area (Å²) >= 11 is 6.96. The SMILES string of the molecule is CC(NCc1ccc(Br)c(Br)c1)c1cccc(O)c1. The van der Waals surface area contributed by atoms with Gasteiger partial charge in [0.2, 0.25) is 0 Å². The number of hydrogen-bond acceptors (Lipinski definition) is 2. The van der Waals surface area contributed by atoms with Crippen LogP contribution < -0.4 is 5.32 Å². The predicted molar refractivity (Wildman–Crippen MR) is 85.2 cm³/mol. The Labute approximate surface area is 130 Å². The Bertz CT molecular complexity index is 572. The minimum absolute atomic E-state index is 0.189. The highest BCUT2D eigenvalue weighted by Gasteiger charge is 2.06. The lowest BCUT2D eigenvalue weighted by atomic mass is 10.1. The number of phenolic OH excluding ortho intramolecular Hbond substituents is 1. The van der Waals surface area contributed by atoms with E-state index in [2.05, 4.69) is 56.2 Å². The van der Waals surface area contributed by atoms with Gasteiger partial charge in [-0.2, -0.15) is 0 Å². The first-order valence-corrected chi connectivity index (χ1v) is 7.61. The summed E-state index contributed by atoms with van der Waals surface area (Å²) in [5.41, 5.74) is 2.29. The summed E-state index contributed by atoms with van der Waals surface area (Å²) < 4.78 is 2.11. The standard InChI is InChI=1S/C15H15Br2NO/c1-10(12-3-2-4-13(19)8-12)18-9-11-5-6-14(16)15(17)7-11/h2-8,10,18-19H,9H2,1H3. The molecule has 0 saturated carbocycles. The highest BCUT2D eigenvalue weighted by Crippen LogP contribution is 2.24. The summed E-state index contributed by atoms with van der Waals surface area (Å²) in [6.45, 7) is 2.87. The summed E-state index contributed by atoms with van der Waals surface area (Å²) in [7, 11) is 0. The zero-order valence-electron chi connectivity index (χ0n) is 10.5. The number of halogens is 2. The zero-order chi connectivity index (χ0) is 13.8. The first-order valence-electron chi connectivity index (χ1n) is 6.02. The van der Waals surface area contributed by atoms with E-state index >= 15 is 0 Å². The molecule has 2 nitrogen and oxygen atoms in total. The second-order valence-corrected chi connectivity index (χ2v) is 6.15. The van der Waals surface area contributed by atoms with Gasteiger partial charge in [-0.25, -0.2) is 0 Å². The molecule has 4 heteroatoms. The summed E-state index contributed by atoms with van der Waals surface area (Å²) in [4.78, 5) is 0. The van der Waals surface area contributed by atoms with Crippen molar-refractivity contribution in [2.24, 2.45) is 0 Å². The number of benzene rings is 2. The Kier molecular flexibility index (Phi) is 5.02. The Morgan fingerprint density at radius 1 is 1.11 bits per heavy atom. The molecule has 0 aromatic heterocycles. The molecule has 19 heavy (non-hydrogen) atoms. The number of rotatable bonds is 4. The number of nitrogens with one attached hydrogen (secondary N) is 1. The van der Waals surface area contributed by atoms with Gasteiger partial charge in [0.15, 0.2) is 0 Å². The van der Waals surface area contributed by atoms with Crippen molar-refractivity contribution in [2.75, 3.05) is 0 Å². The van der Waals surface area contributed by atoms with Crippen molar-refractivity contribution in [1.82, 2.24) is 5.32 Å². The van der Waals surface area contributed by atoms with Crippen molar-refractivity contribution in [3.63, 3.8) is 0 Å². The highest BCUT2D eigenvalue weighted by atomic mass is 79.9. The van der Waals surface area contributed by atoms with Crippen LogP contribution in [0.25, 0.3) is 0 Å². The van der Waals surface area contributed by atoms with Crippen LogP contribution in [0.4, 0.5) is 0 Å². The third-order valence-electron chi connectivity index (χ3n) is 2.97. The van der Waals surface area contributed by atoms with Crippen LogP contribution in [0.15, 0.2) is 51.4 Å². The van der Waals surface area contributed by atoms with Crippen molar-refractivity contribution < 1.29 is 5.11 Å². The topological polar surface area (TPSA) is 32.3 Å². The molecule has 1 unspecified atom stereocenters. The fourth-order valence-corrected chi connectivity index (χ4v) is 2.51. The normalized spacial score (nSPS) is 12.4. The average molecular weight is 385 g/mol. The van der Waals surface area contributed by atoms with E-state index in [-0.39, 0.29) is 6.04 Å². The molecule has 0 aliphatic heterocycles. The minimum Gasteiger partial charge on any atom is -0.508 e.